The van der Waals surface area contributed by atoms with E-state index in [-0.39, 0.29) is 12.4 Å². The van der Waals surface area contributed by atoms with E-state index in [2.05, 4.69) is 51.1 Å². The molecule has 0 aliphatic carbocycles. The third-order valence-corrected chi connectivity index (χ3v) is 7.03. The Kier molecular flexibility index (Phi) is 21.9. The molecule has 1 aromatic rings. The Morgan fingerprint density at radius 3 is 1.28 bits per heavy atom. The van der Waals surface area contributed by atoms with E-state index in [1.807, 2.05) is 0 Å². The normalized spacial score (nSPS) is 11.5. The van der Waals surface area contributed by atoms with Gasteiger partial charge in [-0.05, 0) is 32.1 Å². The predicted molar refractivity (Wildman–Crippen MR) is 141 cm³/mol. The molecule has 0 spiro atoms. The van der Waals surface area contributed by atoms with Crippen molar-refractivity contribution in [1.29, 1.82) is 0 Å². The van der Waals surface area contributed by atoms with Crippen LogP contribution in [0.5, 0.6) is 0 Å². The fourth-order valence-electron chi connectivity index (χ4n) is 5.18. The first-order valence-electron chi connectivity index (χ1n) is 14.2. The van der Waals surface area contributed by atoms with Crippen LogP contribution in [0.2, 0.25) is 0 Å². The zero-order chi connectivity index (χ0) is 22.5. The number of rotatable bonds is 22. The molecule has 0 heterocycles. The molecule has 0 atom stereocenters. The highest BCUT2D eigenvalue weighted by molar-refractivity contribution is 5.13. The van der Waals surface area contributed by atoms with Crippen molar-refractivity contribution >= 4 is 0 Å². The number of halogens is 1. The maximum atomic E-state index is 2.39. The summed E-state index contributed by atoms with van der Waals surface area (Å²) >= 11 is 0. The van der Waals surface area contributed by atoms with Gasteiger partial charge in [-0.15, -0.1) is 0 Å². The van der Waals surface area contributed by atoms with Crippen molar-refractivity contribution in [1.82, 2.24) is 0 Å². The molecule has 0 aliphatic rings. The molecule has 1 nitrogen and oxygen atoms in total. The van der Waals surface area contributed by atoms with Gasteiger partial charge >= 0.3 is 0 Å². The molecule has 1 rings (SSSR count). The maximum absolute atomic E-state index is 2.39. The molecule has 0 saturated heterocycles. The number of unbranched alkanes of at least 4 members (excludes halogenated alkanes) is 14. The van der Waals surface area contributed by atoms with E-state index >= 15 is 0 Å². The van der Waals surface area contributed by atoms with Crippen molar-refractivity contribution in [2.45, 2.75) is 136 Å². The van der Waals surface area contributed by atoms with Crippen molar-refractivity contribution in [2.24, 2.45) is 0 Å². The SMILES string of the molecule is CCCCCCCCCC[N+](CCC)(CCCCCCCCCC)Cc1ccccc1.[Cl-]. The largest absolute Gasteiger partial charge is 1.00 e. The van der Waals surface area contributed by atoms with Crippen molar-refractivity contribution in [2.75, 3.05) is 19.6 Å². The summed E-state index contributed by atoms with van der Waals surface area (Å²) < 4.78 is 1.33. The van der Waals surface area contributed by atoms with Gasteiger partial charge in [0.2, 0.25) is 0 Å². The van der Waals surface area contributed by atoms with Gasteiger partial charge in [0.25, 0.3) is 0 Å². The van der Waals surface area contributed by atoms with Crippen molar-refractivity contribution in [3.8, 4) is 0 Å². The van der Waals surface area contributed by atoms with Crippen LogP contribution in [0.1, 0.15) is 135 Å². The Bertz CT molecular complexity index is 467. The van der Waals surface area contributed by atoms with E-state index in [1.165, 1.54) is 145 Å². The predicted octanol–water partition coefficient (Wildman–Crippen LogP) is 6.70. The lowest BCUT2D eigenvalue weighted by molar-refractivity contribution is -0.941. The molecule has 0 fully saturated rings. The van der Waals surface area contributed by atoms with Gasteiger partial charge in [0.1, 0.15) is 6.54 Å². The number of hydrogen-bond acceptors (Lipinski definition) is 0. The van der Waals surface area contributed by atoms with Crippen LogP contribution in [0, 0.1) is 0 Å². The standard InChI is InChI=1S/C30H56N.ClH/c1-4-7-9-11-13-15-17-22-27-31(26-6-3,29-30-24-20-19-21-25-30)28-23-18-16-14-12-10-8-5-2;/h19-21,24-25H,4-18,22-23,26-29H2,1-3H3;1H/q+1;/p-1. The number of quaternary nitrogens is 1. The first-order valence-corrected chi connectivity index (χ1v) is 14.2. The monoisotopic (exact) mass is 465 g/mol. The lowest BCUT2D eigenvalue weighted by atomic mass is 10.0. The molecule has 0 bridgehead atoms. The Labute approximate surface area is 208 Å². The summed E-state index contributed by atoms with van der Waals surface area (Å²) in [5.74, 6) is 0. The van der Waals surface area contributed by atoms with Gasteiger partial charge in [-0.3, -0.25) is 0 Å². The van der Waals surface area contributed by atoms with Gasteiger partial charge in [-0.25, -0.2) is 0 Å². The summed E-state index contributed by atoms with van der Waals surface area (Å²) in [7, 11) is 0. The van der Waals surface area contributed by atoms with Gasteiger partial charge in [-0.1, -0.05) is 128 Å². The highest BCUT2D eigenvalue weighted by Crippen LogP contribution is 2.21. The van der Waals surface area contributed by atoms with Gasteiger partial charge in [0.15, 0.2) is 0 Å². The third kappa shape index (κ3) is 16.1. The minimum Gasteiger partial charge on any atom is -1.00 e. The smallest absolute Gasteiger partial charge is 0.104 e. The van der Waals surface area contributed by atoms with Gasteiger partial charge < -0.3 is 16.9 Å². The highest BCUT2D eigenvalue weighted by Gasteiger charge is 2.26. The fraction of sp³-hybridized carbons (Fsp3) is 0.800. The summed E-state index contributed by atoms with van der Waals surface area (Å²) in [6, 6.07) is 11.3. The van der Waals surface area contributed by atoms with E-state index in [4.69, 9.17) is 0 Å². The zero-order valence-corrected chi connectivity index (χ0v) is 22.8. The Morgan fingerprint density at radius 1 is 0.469 bits per heavy atom. The number of nitrogens with zero attached hydrogens (tertiary/aromatic N) is 1. The molecule has 0 aromatic heterocycles. The third-order valence-electron chi connectivity index (χ3n) is 7.03. The van der Waals surface area contributed by atoms with E-state index in [9.17, 15) is 0 Å². The van der Waals surface area contributed by atoms with Crippen molar-refractivity contribution in [3.05, 3.63) is 35.9 Å². The summed E-state index contributed by atoms with van der Waals surface area (Å²) in [5, 5.41) is 0. The molecule has 0 radical (unpaired) electrons. The topological polar surface area (TPSA) is 0 Å². The maximum Gasteiger partial charge on any atom is 0.104 e. The van der Waals surface area contributed by atoms with Crippen LogP contribution < -0.4 is 12.4 Å². The fourth-order valence-corrected chi connectivity index (χ4v) is 5.18. The van der Waals surface area contributed by atoms with E-state index in [0.717, 1.165) is 0 Å². The van der Waals surface area contributed by atoms with Crippen LogP contribution in [-0.4, -0.2) is 24.1 Å². The van der Waals surface area contributed by atoms with Crippen LogP contribution in [0.3, 0.4) is 0 Å². The van der Waals surface area contributed by atoms with Gasteiger partial charge in [0.05, 0.1) is 19.6 Å². The lowest BCUT2D eigenvalue weighted by Gasteiger charge is -2.39. The van der Waals surface area contributed by atoms with Crippen molar-refractivity contribution in [3.63, 3.8) is 0 Å². The summed E-state index contributed by atoms with van der Waals surface area (Å²) in [5.41, 5.74) is 1.54. The average molecular weight is 466 g/mol. The van der Waals surface area contributed by atoms with Crippen molar-refractivity contribution < 1.29 is 16.9 Å². The molecular weight excluding hydrogens is 410 g/mol. The number of benzene rings is 1. The molecule has 188 valence electrons. The highest BCUT2D eigenvalue weighted by atomic mass is 35.5. The lowest BCUT2D eigenvalue weighted by Crippen LogP contribution is -3.00. The molecule has 0 saturated carbocycles. The summed E-state index contributed by atoms with van der Waals surface area (Å²) in [6.07, 6.45) is 24.1. The Balaban J connectivity index is 0.00000961. The minimum atomic E-state index is 0. The van der Waals surface area contributed by atoms with Crippen LogP contribution in [0.25, 0.3) is 0 Å². The summed E-state index contributed by atoms with van der Waals surface area (Å²) in [4.78, 5) is 0. The van der Waals surface area contributed by atoms with E-state index in [1.54, 1.807) is 0 Å². The van der Waals surface area contributed by atoms with Crippen LogP contribution in [0.4, 0.5) is 0 Å². The van der Waals surface area contributed by atoms with Crippen LogP contribution >= 0.6 is 0 Å². The molecule has 0 unspecified atom stereocenters. The molecule has 2 heteroatoms. The average Bonchev–Trinajstić information content (AvgIpc) is 2.78. The molecule has 0 amide bonds. The summed E-state index contributed by atoms with van der Waals surface area (Å²) in [6.45, 7) is 12.4. The van der Waals surface area contributed by atoms with Crippen LogP contribution in [-0.2, 0) is 6.54 Å². The zero-order valence-electron chi connectivity index (χ0n) is 22.1. The second-order valence-electron chi connectivity index (χ2n) is 10.1. The Morgan fingerprint density at radius 2 is 0.875 bits per heavy atom. The molecule has 1 aromatic carbocycles. The molecule has 0 aliphatic heterocycles. The minimum absolute atomic E-state index is 0. The second-order valence-corrected chi connectivity index (χ2v) is 10.1. The van der Waals surface area contributed by atoms with Gasteiger partial charge in [-0.2, -0.15) is 0 Å². The van der Waals surface area contributed by atoms with Gasteiger partial charge in [0, 0.05) is 5.56 Å². The molecule has 0 N–H and O–H groups in total. The number of hydrogen-bond donors (Lipinski definition) is 0. The Hall–Kier alpha value is -0.530. The van der Waals surface area contributed by atoms with E-state index in [0.29, 0.717) is 0 Å². The van der Waals surface area contributed by atoms with E-state index < -0.39 is 0 Å². The second kappa shape index (κ2) is 22.3. The van der Waals surface area contributed by atoms with Crippen LogP contribution in [0.15, 0.2) is 30.3 Å². The first-order chi connectivity index (χ1) is 15.3. The molecule has 32 heavy (non-hydrogen) atoms. The quantitative estimate of drug-likeness (QED) is 0.132. The molecular formula is C30H56ClN. The first kappa shape index (κ1) is 31.5.